The van der Waals surface area contributed by atoms with Gasteiger partial charge in [-0.3, -0.25) is 4.79 Å². The second-order valence-corrected chi connectivity index (χ2v) is 3.94. The third-order valence-corrected chi connectivity index (χ3v) is 2.69. The van der Waals surface area contributed by atoms with Crippen molar-refractivity contribution in [3.63, 3.8) is 0 Å². The van der Waals surface area contributed by atoms with Gasteiger partial charge >= 0.3 is 12.1 Å². The highest BCUT2D eigenvalue weighted by Gasteiger charge is 2.46. The standard InChI is InChI=1S/C7H10F3NOS/c1-13-4-5-2-11(3-5)6(12)7(8,9)10/h5H,2-4H2,1H3. The predicted octanol–water partition coefficient (Wildman–Crippen LogP) is 1.37. The van der Waals surface area contributed by atoms with E-state index in [2.05, 4.69) is 0 Å². The third-order valence-electron chi connectivity index (χ3n) is 1.89. The number of hydrogen-bond donors (Lipinski definition) is 0. The number of amides is 1. The Balaban J connectivity index is 2.31. The average molecular weight is 213 g/mol. The van der Waals surface area contributed by atoms with Crippen molar-refractivity contribution in [1.82, 2.24) is 4.90 Å². The molecule has 1 aliphatic rings. The molecule has 0 bridgehead atoms. The van der Waals surface area contributed by atoms with Crippen molar-refractivity contribution >= 4 is 17.7 Å². The van der Waals surface area contributed by atoms with E-state index in [4.69, 9.17) is 0 Å². The fraction of sp³-hybridized carbons (Fsp3) is 0.857. The van der Waals surface area contributed by atoms with Crippen LogP contribution in [0.3, 0.4) is 0 Å². The van der Waals surface area contributed by atoms with Crippen LogP contribution in [0.2, 0.25) is 0 Å². The minimum Gasteiger partial charge on any atom is -0.334 e. The zero-order valence-corrected chi connectivity index (χ0v) is 7.91. The van der Waals surface area contributed by atoms with Crippen LogP contribution in [0.25, 0.3) is 0 Å². The minimum absolute atomic E-state index is 0.237. The normalized spacial score (nSPS) is 18.6. The van der Waals surface area contributed by atoms with E-state index in [0.29, 0.717) is 0 Å². The van der Waals surface area contributed by atoms with Gasteiger partial charge in [-0.2, -0.15) is 24.9 Å². The number of carbonyl (C=O) groups excluding carboxylic acids is 1. The van der Waals surface area contributed by atoms with Crippen molar-refractivity contribution in [1.29, 1.82) is 0 Å². The SMILES string of the molecule is CSCC1CN(C(=O)C(F)(F)F)C1. The smallest absolute Gasteiger partial charge is 0.334 e. The van der Waals surface area contributed by atoms with Gasteiger partial charge in [-0.1, -0.05) is 0 Å². The van der Waals surface area contributed by atoms with Gasteiger partial charge in [-0.05, 0) is 12.0 Å². The van der Waals surface area contributed by atoms with Crippen LogP contribution in [0.5, 0.6) is 0 Å². The molecule has 1 rings (SSSR count). The van der Waals surface area contributed by atoms with E-state index in [9.17, 15) is 18.0 Å². The second-order valence-electron chi connectivity index (χ2n) is 3.03. The Kier molecular flexibility index (Phi) is 3.10. The number of likely N-dealkylation sites (tertiary alicyclic amines) is 1. The van der Waals surface area contributed by atoms with Gasteiger partial charge in [0.05, 0.1) is 0 Å². The lowest BCUT2D eigenvalue weighted by Gasteiger charge is -2.39. The molecule has 1 aliphatic heterocycles. The lowest BCUT2D eigenvalue weighted by atomic mass is 10.0. The van der Waals surface area contributed by atoms with Gasteiger partial charge in [0.2, 0.25) is 0 Å². The van der Waals surface area contributed by atoms with Crippen molar-refractivity contribution in [2.24, 2.45) is 5.92 Å². The van der Waals surface area contributed by atoms with Gasteiger partial charge < -0.3 is 4.90 Å². The molecule has 0 unspecified atom stereocenters. The summed E-state index contributed by atoms with van der Waals surface area (Å²) < 4.78 is 35.5. The highest BCUT2D eigenvalue weighted by Crippen LogP contribution is 2.25. The molecule has 0 aromatic rings. The molecule has 0 aromatic carbocycles. The monoisotopic (exact) mass is 213 g/mol. The fourth-order valence-corrected chi connectivity index (χ4v) is 1.94. The number of rotatable bonds is 2. The molecule has 0 atom stereocenters. The molecule has 0 N–H and O–H groups in total. The molecule has 1 fully saturated rings. The van der Waals surface area contributed by atoms with Crippen molar-refractivity contribution in [2.75, 3.05) is 25.1 Å². The Labute approximate surface area is 78.5 Å². The van der Waals surface area contributed by atoms with Crippen LogP contribution in [0.1, 0.15) is 0 Å². The van der Waals surface area contributed by atoms with Crippen molar-refractivity contribution in [2.45, 2.75) is 6.18 Å². The molecule has 76 valence electrons. The maximum absolute atomic E-state index is 11.8. The molecular formula is C7H10F3NOS. The van der Waals surface area contributed by atoms with Gasteiger partial charge in [-0.15, -0.1) is 0 Å². The molecule has 0 aromatic heterocycles. The lowest BCUT2D eigenvalue weighted by Crippen LogP contribution is -2.55. The maximum atomic E-state index is 11.8. The first-order valence-corrected chi connectivity index (χ1v) is 5.19. The maximum Gasteiger partial charge on any atom is 0.471 e. The van der Waals surface area contributed by atoms with E-state index in [0.717, 1.165) is 10.7 Å². The zero-order valence-electron chi connectivity index (χ0n) is 7.10. The molecule has 0 aliphatic carbocycles. The Morgan fingerprint density at radius 3 is 2.46 bits per heavy atom. The quantitative estimate of drug-likeness (QED) is 0.690. The molecule has 1 amide bonds. The van der Waals surface area contributed by atoms with Crippen LogP contribution < -0.4 is 0 Å². The van der Waals surface area contributed by atoms with Crippen molar-refractivity contribution in [3.8, 4) is 0 Å². The topological polar surface area (TPSA) is 20.3 Å². The minimum atomic E-state index is -4.70. The number of halogens is 3. The van der Waals surface area contributed by atoms with E-state index >= 15 is 0 Å². The summed E-state index contributed by atoms with van der Waals surface area (Å²) in [4.78, 5) is 11.4. The van der Waals surface area contributed by atoms with Gasteiger partial charge in [0, 0.05) is 19.0 Å². The van der Waals surface area contributed by atoms with Gasteiger partial charge in [-0.25, -0.2) is 0 Å². The first kappa shape index (κ1) is 10.7. The van der Waals surface area contributed by atoms with E-state index in [-0.39, 0.29) is 19.0 Å². The third kappa shape index (κ3) is 2.52. The molecule has 2 nitrogen and oxygen atoms in total. The predicted molar refractivity (Wildman–Crippen MR) is 44.5 cm³/mol. The summed E-state index contributed by atoms with van der Waals surface area (Å²) in [5.74, 6) is -0.645. The average Bonchev–Trinajstić information content (AvgIpc) is 1.92. The summed E-state index contributed by atoms with van der Waals surface area (Å²) in [6, 6.07) is 0. The van der Waals surface area contributed by atoms with Gasteiger partial charge in [0.1, 0.15) is 0 Å². The number of nitrogens with zero attached hydrogens (tertiary/aromatic N) is 1. The Hall–Kier alpha value is -0.390. The molecule has 1 heterocycles. The summed E-state index contributed by atoms with van der Waals surface area (Å²) in [5.41, 5.74) is 0. The fourth-order valence-electron chi connectivity index (χ4n) is 1.26. The van der Waals surface area contributed by atoms with E-state index in [1.807, 2.05) is 6.26 Å². The summed E-state index contributed by atoms with van der Waals surface area (Å²) in [6.45, 7) is 0.498. The zero-order chi connectivity index (χ0) is 10.1. The first-order valence-electron chi connectivity index (χ1n) is 3.80. The van der Waals surface area contributed by atoms with Crippen LogP contribution in [-0.2, 0) is 4.79 Å². The lowest BCUT2D eigenvalue weighted by molar-refractivity contribution is -0.191. The van der Waals surface area contributed by atoms with Crippen LogP contribution in [-0.4, -0.2) is 42.1 Å². The summed E-state index contributed by atoms with van der Waals surface area (Å²) in [7, 11) is 0. The highest BCUT2D eigenvalue weighted by molar-refractivity contribution is 7.98. The molecule has 0 spiro atoms. The Morgan fingerprint density at radius 2 is 2.08 bits per heavy atom. The summed E-state index contributed by atoms with van der Waals surface area (Å²) >= 11 is 1.59. The number of alkyl halides is 3. The number of thioether (sulfide) groups is 1. The summed E-state index contributed by atoms with van der Waals surface area (Å²) in [6.07, 6.45) is -2.81. The highest BCUT2D eigenvalue weighted by atomic mass is 32.2. The summed E-state index contributed by atoms with van der Waals surface area (Å²) in [5, 5.41) is 0. The van der Waals surface area contributed by atoms with Crippen LogP contribution in [0.15, 0.2) is 0 Å². The molecule has 1 saturated heterocycles. The van der Waals surface area contributed by atoms with Crippen LogP contribution in [0.4, 0.5) is 13.2 Å². The molecule has 13 heavy (non-hydrogen) atoms. The first-order chi connectivity index (χ1) is 5.95. The number of hydrogen-bond acceptors (Lipinski definition) is 2. The van der Waals surface area contributed by atoms with Crippen LogP contribution >= 0.6 is 11.8 Å². The number of carbonyl (C=O) groups is 1. The van der Waals surface area contributed by atoms with Crippen LogP contribution in [0, 0.1) is 5.92 Å². The largest absolute Gasteiger partial charge is 0.471 e. The van der Waals surface area contributed by atoms with E-state index in [1.54, 1.807) is 11.8 Å². The Morgan fingerprint density at radius 1 is 1.54 bits per heavy atom. The van der Waals surface area contributed by atoms with E-state index in [1.165, 1.54) is 0 Å². The van der Waals surface area contributed by atoms with Crippen molar-refractivity contribution < 1.29 is 18.0 Å². The van der Waals surface area contributed by atoms with E-state index < -0.39 is 12.1 Å². The van der Waals surface area contributed by atoms with Gasteiger partial charge in [0.15, 0.2) is 0 Å². The molecule has 0 radical (unpaired) electrons. The van der Waals surface area contributed by atoms with Gasteiger partial charge in [0.25, 0.3) is 0 Å². The molecule has 0 saturated carbocycles. The molecule has 6 heteroatoms. The second kappa shape index (κ2) is 3.77. The van der Waals surface area contributed by atoms with Crippen molar-refractivity contribution in [3.05, 3.63) is 0 Å². The molecular weight excluding hydrogens is 203 g/mol. The Bertz CT molecular complexity index is 200.